The first-order valence-corrected chi connectivity index (χ1v) is 7.05. The van der Waals surface area contributed by atoms with Crippen molar-refractivity contribution in [3.05, 3.63) is 0 Å². The molecule has 0 aliphatic carbocycles. The summed E-state index contributed by atoms with van der Waals surface area (Å²) in [6.45, 7) is 7.23. The second kappa shape index (κ2) is 7.20. The molecule has 2 rings (SSSR count). The molecule has 20 heavy (non-hydrogen) atoms. The molecule has 1 fully saturated rings. The van der Waals surface area contributed by atoms with Gasteiger partial charge in [0.1, 0.15) is 0 Å². The van der Waals surface area contributed by atoms with Crippen LogP contribution < -0.4 is 21.5 Å². The van der Waals surface area contributed by atoms with Crippen molar-refractivity contribution in [2.45, 2.75) is 32.7 Å². The molecule has 0 radical (unpaired) electrons. The SMILES string of the molecule is CCOCC(C)Nc1nc(NN)nc(N2CCCC2)n1. The Morgan fingerprint density at radius 2 is 1.95 bits per heavy atom. The molecule has 1 atom stereocenters. The number of hydrazine groups is 1. The van der Waals surface area contributed by atoms with E-state index in [4.69, 9.17) is 10.6 Å². The molecule has 0 aromatic carbocycles. The first-order chi connectivity index (χ1) is 9.72. The average Bonchev–Trinajstić information content (AvgIpc) is 2.99. The molecule has 2 heterocycles. The number of nitrogen functional groups attached to an aromatic ring is 1. The Morgan fingerprint density at radius 1 is 1.25 bits per heavy atom. The molecule has 1 aromatic rings. The second-order valence-corrected chi connectivity index (χ2v) is 4.83. The Bertz CT molecular complexity index is 422. The van der Waals surface area contributed by atoms with E-state index >= 15 is 0 Å². The molecule has 0 spiro atoms. The van der Waals surface area contributed by atoms with Gasteiger partial charge in [0.2, 0.25) is 17.8 Å². The van der Waals surface area contributed by atoms with Crippen molar-refractivity contribution in [3.63, 3.8) is 0 Å². The summed E-state index contributed by atoms with van der Waals surface area (Å²) >= 11 is 0. The number of hydrogen-bond donors (Lipinski definition) is 3. The van der Waals surface area contributed by atoms with Gasteiger partial charge in [0.05, 0.1) is 6.61 Å². The van der Waals surface area contributed by atoms with E-state index in [1.165, 1.54) is 12.8 Å². The van der Waals surface area contributed by atoms with Crippen LogP contribution in [0.2, 0.25) is 0 Å². The van der Waals surface area contributed by atoms with Crippen LogP contribution in [0.25, 0.3) is 0 Å². The smallest absolute Gasteiger partial charge is 0.243 e. The Kier molecular flexibility index (Phi) is 5.31. The third kappa shape index (κ3) is 3.91. The number of nitrogens with one attached hydrogen (secondary N) is 2. The average molecular weight is 281 g/mol. The van der Waals surface area contributed by atoms with E-state index in [1.807, 2.05) is 13.8 Å². The summed E-state index contributed by atoms with van der Waals surface area (Å²) in [4.78, 5) is 15.1. The highest BCUT2D eigenvalue weighted by atomic mass is 16.5. The highest BCUT2D eigenvalue weighted by Crippen LogP contribution is 2.18. The summed E-state index contributed by atoms with van der Waals surface area (Å²) < 4.78 is 5.37. The first-order valence-electron chi connectivity index (χ1n) is 7.05. The lowest BCUT2D eigenvalue weighted by Crippen LogP contribution is -2.26. The van der Waals surface area contributed by atoms with E-state index in [-0.39, 0.29) is 6.04 Å². The van der Waals surface area contributed by atoms with Gasteiger partial charge < -0.3 is 15.0 Å². The lowest BCUT2D eigenvalue weighted by atomic mass is 10.4. The first kappa shape index (κ1) is 14.7. The molecule has 4 N–H and O–H groups in total. The zero-order valence-electron chi connectivity index (χ0n) is 12.1. The molecule has 0 saturated carbocycles. The number of hydrogen-bond acceptors (Lipinski definition) is 8. The van der Waals surface area contributed by atoms with Gasteiger partial charge in [-0.05, 0) is 26.7 Å². The highest BCUT2D eigenvalue weighted by Gasteiger charge is 2.17. The lowest BCUT2D eigenvalue weighted by molar-refractivity contribution is 0.141. The fourth-order valence-corrected chi connectivity index (χ4v) is 2.11. The summed E-state index contributed by atoms with van der Waals surface area (Å²) in [5, 5.41) is 3.21. The molecular weight excluding hydrogens is 258 g/mol. The van der Waals surface area contributed by atoms with E-state index in [0.717, 1.165) is 13.1 Å². The van der Waals surface area contributed by atoms with Gasteiger partial charge in [0, 0.05) is 25.7 Å². The lowest BCUT2D eigenvalue weighted by Gasteiger charge is -2.18. The number of aromatic nitrogens is 3. The minimum atomic E-state index is 0.120. The van der Waals surface area contributed by atoms with Gasteiger partial charge in [-0.3, -0.25) is 5.43 Å². The van der Waals surface area contributed by atoms with Crippen molar-refractivity contribution in [1.82, 2.24) is 15.0 Å². The Balaban J connectivity index is 2.08. The van der Waals surface area contributed by atoms with Gasteiger partial charge in [0.15, 0.2) is 0 Å². The molecule has 1 unspecified atom stereocenters. The number of ether oxygens (including phenoxy) is 1. The van der Waals surface area contributed by atoms with E-state index in [9.17, 15) is 0 Å². The van der Waals surface area contributed by atoms with E-state index in [2.05, 4.69) is 30.6 Å². The maximum atomic E-state index is 5.42. The number of nitrogens with zero attached hydrogens (tertiary/aromatic N) is 4. The monoisotopic (exact) mass is 281 g/mol. The van der Waals surface area contributed by atoms with Gasteiger partial charge >= 0.3 is 0 Å². The molecule has 8 nitrogen and oxygen atoms in total. The van der Waals surface area contributed by atoms with Crippen molar-refractivity contribution < 1.29 is 4.74 Å². The fourth-order valence-electron chi connectivity index (χ4n) is 2.11. The molecule has 1 aliphatic rings. The van der Waals surface area contributed by atoms with Crippen molar-refractivity contribution in [3.8, 4) is 0 Å². The van der Waals surface area contributed by atoms with Crippen LogP contribution in [0.15, 0.2) is 0 Å². The zero-order chi connectivity index (χ0) is 14.4. The third-order valence-electron chi connectivity index (χ3n) is 3.09. The van der Waals surface area contributed by atoms with Crippen LogP contribution >= 0.6 is 0 Å². The van der Waals surface area contributed by atoms with Crippen molar-refractivity contribution in [2.24, 2.45) is 5.84 Å². The quantitative estimate of drug-likeness (QED) is 0.493. The van der Waals surface area contributed by atoms with Crippen LogP contribution in [0.3, 0.4) is 0 Å². The molecule has 1 saturated heterocycles. The standard InChI is InChI=1S/C12H23N7O/c1-3-20-8-9(2)14-10-15-11(18-13)17-12(16-10)19-6-4-5-7-19/h9H,3-8,13H2,1-2H3,(H2,14,15,16,17,18). The Hall–Kier alpha value is -1.67. The summed E-state index contributed by atoms with van der Waals surface area (Å²) in [6.07, 6.45) is 2.33. The van der Waals surface area contributed by atoms with Crippen LogP contribution in [0.4, 0.5) is 17.8 Å². The van der Waals surface area contributed by atoms with Gasteiger partial charge in [-0.1, -0.05) is 0 Å². The zero-order valence-corrected chi connectivity index (χ0v) is 12.1. The molecule has 8 heteroatoms. The normalized spacial score (nSPS) is 16.2. The van der Waals surface area contributed by atoms with Crippen molar-refractivity contribution >= 4 is 17.8 Å². The summed E-state index contributed by atoms with van der Waals surface area (Å²) in [5.41, 5.74) is 2.49. The summed E-state index contributed by atoms with van der Waals surface area (Å²) in [7, 11) is 0. The largest absolute Gasteiger partial charge is 0.380 e. The van der Waals surface area contributed by atoms with Crippen LogP contribution in [-0.2, 0) is 4.74 Å². The van der Waals surface area contributed by atoms with Crippen LogP contribution in [0, 0.1) is 0 Å². The predicted octanol–water partition coefficient (Wildman–Crippen LogP) is 0.594. The van der Waals surface area contributed by atoms with Crippen molar-refractivity contribution in [1.29, 1.82) is 0 Å². The number of nitrogens with two attached hydrogens (primary N) is 1. The van der Waals surface area contributed by atoms with E-state index < -0.39 is 0 Å². The fraction of sp³-hybridized carbons (Fsp3) is 0.750. The summed E-state index contributed by atoms with van der Waals surface area (Å²) in [6, 6.07) is 0.120. The molecular formula is C12H23N7O. The van der Waals surface area contributed by atoms with E-state index in [1.54, 1.807) is 0 Å². The second-order valence-electron chi connectivity index (χ2n) is 4.83. The minimum absolute atomic E-state index is 0.120. The molecule has 112 valence electrons. The highest BCUT2D eigenvalue weighted by molar-refractivity contribution is 5.44. The van der Waals surface area contributed by atoms with Gasteiger partial charge in [-0.15, -0.1) is 0 Å². The minimum Gasteiger partial charge on any atom is -0.380 e. The third-order valence-corrected chi connectivity index (χ3v) is 3.09. The predicted molar refractivity (Wildman–Crippen MR) is 78.7 cm³/mol. The molecule has 0 bridgehead atoms. The van der Waals surface area contributed by atoms with Crippen LogP contribution in [0.1, 0.15) is 26.7 Å². The van der Waals surface area contributed by atoms with Gasteiger partial charge in [-0.2, -0.15) is 15.0 Å². The van der Waals surface area contributed by atoms with Gasteiger partial charge in [0.25, 0.3) is 0 Å². The number of anilines is 3. The van der Waals surface area contributed by atoms with Crippen LogP contribution in [-0.4, -0.2) is 47.3 Å². The molecule has 1 aromatic heterocycles. The maximum Gasteiger partial charge on any atom is 0.243 e. The Morgan fingerprint density at radius 3 is 2.60 bits per heavy atom. The van der Waals surface area contributed by atoms with E-state index in [0.29, 0.717) is 31.1 Å². The summed E-state index contributed by atoms with van der Waals surface area (Å²) in [5.74, 6) is 6.97. The van der Waals surface area contributed by atoms with Crippen molar-refractivity contribution in [2.75, 3.05) is 41.9 Å². The molecule has 0 amide bonds. The van der Waals surface area contributed by atoms with Crippen LogP contribution in [0.5, 0.6) is 0 Å². The molecule has 1 aliphatic heterocycles. The Labute approximate surface area is 119 Å². The van der Waals surface area contributed by atoms with Gasteiger partial charge in [-0.25, -0.2) is 5.84 Å². The number of rotatable bonds is 7. The topological polar surface area (TPSA) is 101 Å². The maximum absolute atomic E-state index is 5.42.